The third-order valence-electron chi connectivity index (χ3n) is 3.77. The first kappa shape index (κ1) is 14.0. The van der Waals surface area contributed by atoms with Crippen LogP contribution < -0.4 is 0 Å². The van der Waals surface area contributed by atoms with Crippen LogP contribution in [0.3, 0.4) is 0 Å². The van der Waals surface area contributed by atoms with Gasteiger partial charge in [-0.05, 0) is 44.9 Å². The minimum atomic E-state index is 0.775. The Labute approximate surface area is 125 Å². The summed E-state index contributed by atoms with van der Waals surface area (Å²) in [5, 5.41) is 4.11. The zero-order chi connectivity index (χ0) is 14.5. The van der Waals surface area contributed by atoms with Gasteiger partial charge in [-0.15, -0.1) is 0 Å². The van der Waals surface area contributed by atoms with Crippen molar-refractivity contribution in [3.8, 4) is 11.4 Å². The maximum atomic E-state index is 5.43. The largest absolute Gasteiger partial charge is 0.359 e. The number of allylic oxidation sites excluding steroid dienone is 1. The summed E-state index contributed by atoms with van der Waals surface area (Å²) in [7, 11) is 2.12. The van der Waals surface area contributed by atoms with Gasteiger partial charge >= 0.3 is 0 Å². The molecule has 0 aliphatic heterocycles. The van der Waals surface area contributed by atoms with Crippen LogP contribution in [0.1, 0.15) is 31.4 Å². The zero-order valence-electron chi connectivity index (χ0n) is 12.5. The molecular formula is C17H21N3O. The monoisotopic (exact) mass is 283 g/mol. The fourth-order valence-corrected chi connectivity index (χ4v) is 2.74. The molecule has 3 rings (SSSR count). The molecule has 0 radical (unpaired) electrons. The highest BCUT2D eigenvalue weighted by Gasteiger charge is 2.11. The van der Waals surface area contributed by atoms with E-state index in [4.69, 9.17) is 4.52 Å². The Bertz CT molecular complexity index is 604. The predicted octanol–water partition coefficient (Wildman–Crippen LogP) is 3.67. The van der Waals surface area contributed by atoms with Crippen molar-refractivity contribution in [2.24, 2.45) is 0 Å². The minimum absolute atomic E-state index is 0.775. The van der Waals surface area contributed by atoms with Gasteiger partial charge in [-0.2, -0.15) is 0 Å². The smallest absolute Gasteiger partial charge is 0.151 e. The summed E-state index contributed by atoms with van der Waals surface area (Å²) in [5.41, 5.74) is 3.20. The van der Waals surface area contributed by atoms with Crippen molar-refractivity contribution in [1.29, 1.82) is 0 Å². The number of pyridine rings is 1. The Balaban J connectivity index is 1.60. The quantitative estimate of drug-likeness (QED) is 0.785. The van der Waals surface area contributed by atoms with Gasteiger partial charge in [0, 0.05) is 18.8 Å². The van der Waals surface area contributed by atoms with E-state index in [1.54, 1.807) is 11.8 Å². The molecule has 4 heteroatoms. The standard InChI is InChI=1S/C17H21N3O/c1-20(12-14-7-3-2-4-8-14)13-15-11-17(19-21-15)16-9-5-6-10-18-16/h5-7,9-11H,2-4,8,12-13H2,1H3. The van der Waals surface area contributed by atoms with E-state index in [0.29, 0.717) is 0 Å². The lowest BCUT2D eigenvalue weighted by Crippen LogP contribution is -2.21. The van der Waals surface area contributed by atoms with Crippen LogP contribution in [0, 0.1) is 0 Å². The van der Waals surface area contributed by atoms with Gasteiger partial charge in [0.1, 0.15) is 5.69 Å². The molecule has 0 saturated heterocycles. The molecule has 1 aliphatic rings. The molecule has 0 amide bonds. The Morgan fingerprint density at radius 1 is 1.19 bits per heavy atom. The second kappa shape index (κ2) is 6.68. The number of rotatable bonds is 5. The first-order valence-electron chi connectivity index (χ1n) is 7.55. The Hall–Kier alpha value is -1.94. The number of nitrogens with zero attached hydrogens (tertiary/aromatic N) is 3. The SMILES string of the molecule is CN(CC1=CCCCC1)Cc1cc(-c2ccccn2)no1. The molecule has 1 aliphatic carbocycles. The first-order chi connectivity index (χ1) is 10.3. The van der Waals surface area contributed by atoms with Crippen molar-refractivity contribution in [2.45, 2.75) is 32.2 Å². The van der Waals surface area contributed by atoms with Crippen LogP contribution in [0.4, 0.5) is 0 Å². The second-order valence-electron chi connectivity index (χ2n) is 5.67. The zero-order valence-corrected chi connectivity index (χ0v) is 12.5. The summed E-state index contributed by atoms with van der Waals surface area (Å²) in [6.45, 7) is 1.79. The van der Waals surface area contributed by atoms with Crippen molar-refractivity contribution in [2.75, 3.05) is 13.6 Å². The van der Waals surface area contributed by atoms with Gasteiger partial charge in [0.25, 0.3) is 0 Å². The van der Waals surface area contributed by atoms with Crippen LogP contribution in [0.15, 0.2) is 46.6 Å². The third kappa shape index (κ3) is 3.79. The van der Waals surface area contributed by atoms with E-state index in [2.05, 4.69) is 28.2 Å². The maximum absolute atomic E-state index is 5.43. The highest BCUT2D eigenvalue weighted by molar-refractivity contribution is 5.52. The van der Waals surface area contributed by atoms with Crippen molar-refractivity contribution < 1.29 is 4.52 Å². The van der Waals surface area contributed by atoms with Crippen LogP contribution in [0.2, 0.25) is 0 Å². The second-order valence-corrected chi connectivity index (χ2v) is 5.67. The Morgan fingerprint density at radius 3 is 2.90 bits per heavy atom. The lowest BCUT2D eigenvalue weighted by molar-refractivity contribution is 0.285. The molecule has 0 spiro atoms. The van der Waals surface area contributed by atoms with Gasteiger partial charge < -0.3 is 4.52 Å². The normalized spacial score (nSPS) is 15.2. The fraction of sp³-hybridized carbons (Fsp3) is 0.412. The van der Waals surface area contributed by atoms with Crippen molar-refractivity contribution in [3.63, 3.8) is 0 Å². The molecule has 2 aromatic heterocycles. The van der Waals surface area contributed by atoms with Crippen molar-refractivity contribution in [3.05, 3.63) is 47.9 Å². The number of hydrogen-bond acceptors (Lipinski definition) is 4. The summed E-state index contributed by atoms with van der Waals surface area (Å²) < 4.78 is 5.43. The molecule has 110 valence electrons. The fourth-order valence-electron chi connectivity index (χ4n) is 2.74. The molecule has 0 aromatic carbocycles. The van der Waals surface area contributed by atoms with Crippen LogP contribution in [0.5, 0.6) is 0 Å². The number of aromatic nitrogens is 2. The van der Waals surface area contributed by atoms with Gasteiger partial charge in [0.15, 0.2) is 5.76 Å². The topological polar surface area (TPSA) is 42.2 Å². The molecule has 4 nitrogen and oxygen atoms in total. The molecule has 0 atom stereocenters. The molecule has 0 N–H and O–H groups in total. The molecular weight excluding hydrogens is 262 g/mol. The Morgan fingerprint density at radius 2 is 2.14 bits per heavy atom. The van der Waals surface area contributed by atoms with Gasteiger partial charge in [-0.3, -0.25) is 9.88 Å². The highest BCUT2D eigenvalue weighted by atomic mass is 16.5. The average molecular weight is 283 g/mol. The lowest BCUT2D eigenvalue weighted by atomic mass is 9.99. The molecule has 2 heterocycles. The van der Waals surface area contributed by atoms with E-state index >= 15 is 0 Å². The first-order valence-corrected chi connectivity index (χ1v) is 7.55. The van der Waals surface area contributed by atoms with Crippen LogP contribution in [-0.4, -0.2) is 28.6 Å². The molecule has 0 unspecified atom stereocenters. The summed E-state index contributed by atoms with van der Waals surface area (Å²) in [6.07, 6.45) is 9.29. The van der Waals surface area contributed by atoms with E-state index < -0.39 is 0 Å². The summed E-state index contributed by atoms with van der Waals surface area (Å²) in [5.74, 6) is 0.884. The van der Waals surface area contributed by atoms with Crippen molar-refractivity contribution >= 4 is 0 Å². The predicted molar refractivity (Wildman–Crippen MR) is 82.6 cm³/mol. The highest BCUT2D eigenvalue weighted by Crippen LogP contribution is 2.20. The minimum Gasteiger partial charge on any atom is -0.359 e. The van der Waals surface area contributed by atoms with E-state index in [9.17, 15) is 0 Å². The lowest BCUT2D eigenvalue weighted by Gasteiger charge is -2.19. The maximum Gasteiger partial charge on any atom is 0.151 e. The number of hydrogen-bond donors (Lipinski definition) is 0. The molecule has 0 saturated carbocycles. The molecule has 0 fully saturated rings. The summed E-state index contributed by atoms with van der Waals surface area (Å²) in [4.78, 5) is 6.57. The van der Waals surface area contributed by atoms with Crippen LogP contribution in [-0.2, 0) is 6.54 Å². The summed E-state index contributed by atoms with van der Waals surface area (Å²) >= 11 is 0. The average Bonchev–Trinajstić information content (AvgIpc) is 2.97. The summed E-state index contributed by atoms with van der Waals surface area (Å²) in [6, 6.07) is 7.78. The Kier molecular flexibility index (Phi) is 4.46. The van der Waals surface area contributed by atoms with E-state index in [0.717, 1.165) is 30.2 Å². The van der Waals surface area contributed by atoms with E-state index in [1.165, 1.54) is 25.7 Å². The molecule has 2 aromatic rings. The van der Waals surface area contributed by atoms with Crippen LogP contribution in [0.25, 0.3) is 11.4 Å². The van der Waals surface area contributed by atoms with Gasteiger partial charge in [0.2, 0.25) is 0 Å². The van der Waals surface area contributed by atoms with Gasteiger partial charge in [0.05, 0.1) is 12.2 Å². The van der Waals surface area contributed by atoms with Crippen LogP contribution >= 0.6 is 0 Å². The molecule has 21 heavy (non-hydrogen) atoms. The van der Waals surface area contributed by atoms with Gasteiger partial charge in [-0.1, -0.05) is 22.9 Å². The number of likely N-dealkylation sites (N-methyl/N-ethyl adjacent to an activating group) is 1. The van der Waals surface area contributed by atoms with E-state index in [-0.39, 0.29) is 0 Å². The molecule has 0 bridgehead atoms. The van der Waals surface area contributed by atoms with E-state index in [1.807, 2.05) is 24.3 Å². The van der Waals surface area contributed by atoms with Crippen molar-refractivity contribution in [1.82, 2.24) is 15.0 Å². The third-order valence-corrected chi connectivity index (χ3v) is 3.77. The van der Waals surface area contributed by atoms with Gasteiger partial charge in [-0.25, -0.2) is 0 Å².